The zero-order valence-corrected chi connectivity index (χ0v) is 6.89. The van der Waals surface area contributed by atoms with Crippen molar-refractivity contribution in [2.45, 2.75) is 5.60 Å². The normalized spacial score (nSPS) is 7.60. The van der Waals surface area contributed by atoms with Gasteiger partial charge in [-0.15, -0.1) is 0 Å². The topological polar surface area (TPSA) is 12.0 Å². The zero-order valence-electron chi connectivity index (χ0n) is 6.89. The average Bonchev–Trinajstić information content (AvgIpc) is 2.10. The standard InChI is InChI=1S/C7H9N.CH3.Li/c1-8-7-5-3-2-4-6-7;;/h2-6,8H,1H3;1H3;. The zero-order chi connectivity index (χ0) is 7.82. The van der Waals surface area contributed by atoms with Crippen LogP contribution in [0.4, 0.5) is 5.69 Å². The van der Waals surface area contributed by atoms with Crippen molar-refractivity contribution in [3.05, 3.63) is 30.3 Å². The van der Waals surface area contributed by atoms with Gasteiger partial charge >= 0.3 is 23.3 Å². The van der Waals surface area contributed by atoms with Gasteiger partial charge in [0.1, 0.15) is 0 Å². The van der Waals surface area contributed by atoms with E-state index in [2.05, 4.69) is 5.32 Å². The van der Waals surface area contributed by atoms with Crippen LogP contribution in [0.25, 0.3) is 0 Å². The number of rotatable bonds is 1. The molecule has 0 unspecified atom stereocenters. The van der Waals surface area contributed by atoms with Gasteiger partial charge in [0.25, 0.3) is 0 Å². The summed E-state index contributed by atoms with van der Waals surface area (Å²) in [7, 11) is 1.91. The third-order valence-corrected chi connectivity index (χ3v) is 1.06. The Kier molecular flexibility index (Phi) is 6.48. The molecule has 0 aromatic heterocycles. The van der Waals surface area contributed by atoms with Gasteiger partial charge in [0.2, 0.25) is 0 Å². The Bertz CT molecular complexity index is 151. The predicted molar refractivity (Wildman–Crippen MR) is 47.6 cm³/mol. The Morgan fingerprint density at radius 3 is 1.90 bits per heavy atom. The van der Waals surface area contributed by atoms with Gasteiger partial charge in [-0.2, -0.15) is 0 Å². The molecule has 50 valence electrons. The maximum absolute atomic E-state index is 3.03. The molecule has 0 spiro atoms. The van der Waals surface area contributed by atoms with Crippen molar-refractivity contribution in [3.63, 3.8) is 0 Å². The van der Waals surface area contributed by atoms with Crippen LogP contribution >= 0.6 is 0 Å². The van der Waals surface area contributed by atoms with Crippen molar-refractivity contribution in [1.82, 2.24) is 0 Å². The van der Waals surface area contributed by atoms with E-state index in [0.717, 1.165) is 5.69 Å². The fraction of sp³-hybridized carbons (Fsp3) is 0.250. The number of hydrogen-bond donors (Lipinski definition) is 1. The third kappa shape index (κ3) is 3.61. The van der Waals surface area contributed by atoms with Crippen molar-refractivity contribution in [2.24, 2.45) is 0 Å². The number of nitrogens with one attached hydrogen (secondary N) is 1. The molecule has 0 aliphatic carbocycles. The van der Waals surface area contributed by atoms with Crippen LogP contribution in [0.5, 0.6) is 0 Å². The molecule has 2 heteroatoms. The van der Waals surface area contributed by atoms with Crippen molar-refractivity contribution >= 4 is 23.4 Å². The third-order valence-electron chi connectivity index (χ3n) is 1.06. The summed E-state index contributed by atoms with van der Waals surface area (Å²) in [6.45, 7) is 0. The van der Waals surface area contributed by atoms with Crippen molar-refractivity contribution in [1.29, 1.82) is 0 Å². The monoisotopic (exact) mass is 129 g/mol. The van der Waals surface area contributed by atoms with Gasteiger partial charge in [0.05, 0.1) is 0 Å². The van der Waals surface area contributed by atoms with Crippen LogP contribution in [0.1, 0.15) is 0 Å². The number of para-hydroxylation sites is 1. The molecule has 0 amide bonds. The molecule has 0 atom stereocenters. The van der Waals surface area contributed by atoms with Gasteiger partial charge in [0.15, 0.2) is 0 Å². The second-order valence-corrected chi connectivity index (χ2v) is 1.62. The van der Waals surface area contributed by atoms with Crippen LogP contribution in [-0.4, -0.2) is 24.8 Å². The quantitative estimate of drug-likeness (QED) is 0.571. The molecule has 0 fully saturated rings. The van der Waals surface area contributed by atoms with Gasteiger partial charge < -0.3 is 5.32 Å². The molecule has 0 saturated carbocycles. The second-order valence-electron chi connectivity index (χ2n) is 1.62. The summed E-state index contributed by atoms with van der Waals surface area (Å²) in [6, 6.07) is 10.1. The molecule has 0 heterocycles. The van der Waals surface area contributed by atoms with Crippen molar-refractivity contribution in [2.75, 3.05) is 12.4 Å². The van der Waals surface area contributed by atoms with Crippen molar-refractivity contribution < 1.29 is 0 Å². The Morgan fingerprint density at radius 1 is 1.10 bits per heavy atom. The number of anilines is 1. The Labute approximate surface area is 72.0 Å². The fourth-order valence-corrected chi connectivity index (χ4v) is 0.605. The average molecular weight is 129 g/mol. The molecule has 0 aliphatic heterocycles. The molecule has 0 bridgehead atoms. The van der Waals surface area contributed by atoms with Gasteiger partial charge in [-0.25, -0.2) is 0 Å². The second kappa shape index (κ2) is 6.73. The van der Waals surface area contributed by atoms with Crippen LogP contribution in [0.15, 0.2) is 30.3 Å². The van der Waals surface area contributed by atoms with Gasteiger partial charge in [-0.05, 0) is 12.1 Å². The minimum absolute atomic E-state index is 1.16. The number of benzene rings is 1. The van der Waals surface area contributed by atoms with Crippen LogP contribution < -0.4 is 5.32 Å². The summed E-state index contributed by atoms with van der Waals surface area (Å²) in [5.41, 5.74) is 3.16. The first kappa shape index (κ1) is 9.62. The summed E-state index contributed by atoms with van der Waals surface area (Å²) in [6.07, 6.45) is 0. The van der Waals surface area contributed by atoms with Gasteiger partial charge in [-0.1, -0.05) is 18.2 Å². The molecule has 0 saturated heterocycles. The fourth-order valence-electron chi connectivity index (χ4n) is 0.605. The Balaban J connectivity index is 0.000000371. The molecule has 1 nitrogen and oxygen atoms in total. The molecule has 1 rings (SSSR count). The number of hydrogen-bond acceptors (Lipinski definition) is 1. The first-order chi connectivity index (χ1) is 4.93. The molecule has 1 aromatic rings. The molecule has 0 radical (unpaired) electrons. The molecule has 10 heavy (non-hydrogen) atoms. The Morgan fingerprint density at radius 2 is 1.60 bits per heavy atom. The van der Waals surface area contributed by atoms with E-state index in [9.17, 15) is 0 Å². The summed E-state index contributed by atoms with van der Waals surface area (Å²) >= 11 is 2.00. The summed E-state index contributed by atoms with van der Waals surface area (Å²) < 4.78 is 0. The summed E-state index contributed by atoms with van der Waals surface area (Å²) in [4.78, 5) is 0. The first-order valence-corrected chi connectivity index (χ1v) is 3.66. The molecule has 0 aliphatic rings. The van der Waals surface area contributed by atoms with E-state index < -0.39 is 0 Å². The van der Waals surface area contributed by atoms with E-state index in [1.165, 1.54) is 0 Å². The van der Waals surface area contributed by atoms with Crippen LogP contribution in [0.3, 0.4) is 0 Å². The molecule has 1 aromatic carbocycles. The predicted octanol–water partition coefficient (Wildman–Crippen LogP) is 1.93. The van der Waals surface area contributed by atoms with E-state index in [1.807, 2.05) is 60.7 Å². The molecular weight excluding hydrogens is 117 g/mol. The molecule has 1 N–H and O–H groups in total. The van der Waals surface area contributed by atoms with E-state index >= 15 is 0 Å². The van der Waals surface area contributed by atoms with Crippen LogP contribution in [0.2, 0.25) is 5.60 Å². The minimum atomic E-state index is 1.16. The van der Waals surface area contributed by atoms with E-state index in [0.29, 0.717) is 0 Å². The summed E-state index contributed by atoms with van der Waals surface area (Å²) in [5, 5.41) is 3.03. The van der Waals surface area contributed by atoms with Crippen LogP contribution in [0, 0.1) is 0 Å². The van der Waals surface area contributed by atoms with Gasteiger partial charge in [0, 0.05) is 12.7 Å². The van der Waals surface area contributed by atoms with Crippen LogP contribution in [-0.2, 0) is 0 Å². The van der Waals surface area contributed by atoms with E-state index in [1.54, 1.807) is 0 Å². The van der Waals surface area contributed by atoms with Crippen molar-refractivity contribution in [3.8, 4) is 0 Å². The van der Waals surface area contributed by atoms with E-state index in [4.69, 9.17) is 0 Å². The Hall–Kier alpha value is -0.383. The summed E-state index contributed by atoms with van der Waals surface area (Å²) in [5.74, 6) is 0. The van der Waals surface area contributed by atoms with Gasteiger partial charge in [-0.3, -0.25) is 0 Å². The maximum atomic E-state index is 3.03. The molecular formula is C8H12LiN. The first-order valence-electron chi connectivity index (χ1n) is 3.66. The SMILES string of the molecule is CNc1ccccc1.[Li][CH3]. The van der Waals surface area contributed by atoms with E-state index in [-0.39, 0.29) is 0 Å².